The number of hydrogen-bond acceptors (Lipinski definition) is 8. The van der Waals surface area contributed by atoms with Crippen LogP contribution in [0.2, 0.25) is 0 Å². The highest BCUT2D eigenvalue weighted by Crippen LogP contribution is 2.39. The van der Waals surface area contributed by atoms with Gasteiger partial charge in [0.1, 0.15) is 34.8 Å². The zero-order valence-corrected chi connectivity index (χ0v) is 38.8. The Morgan fingerprint density at radius 3 is 1.48 bits per heavy atom. The summed E-state index contributed by atoms with van der Waals surface area (Å²) in [6, 6.07) is 15.7. The van der Waals surface area contributed by atoms with E-state index in [1.807, 2.05) is 0 Å². The van der Waals surface area contributed by atoms with Gasteiger partial charge in [-0.05, 0) is 74.2 Å². The van der Waals surface area contributed by atoms with Gasteiger partial charge in [0.2, 0.25) is 0 Å². The van der Waals surface area contributed by atoms with Gasteiger partial charge in [0, 0.05) is 109 Å². The Morgan fingerprint density at radius 2 is 1.05 bits per heavy atom. The molecule has 4 aromatic rings. The minimum Gasteiger partial charge on any atom is -0.507 e. The Hall–Kier alpha value is -4.82. The normalized spacial score (nSPS) is 16.8. The summed E-state index contributed by atoms with van der Waals surface area (Å²) in [6.45, 7) is 2.20. The number of likely N-dealkylation sites (tertiary alicyclic amines) is 2. The molecule has 0 radical (unpaired) electrons. The number of hydrogen-bond donors (Lipinski definition) is 5. The van der Waals surface area contributed by atoms with E-state index < -0.39 is 34.3 Å². The van der Waals surface area contributed by atoms with Crippen LogP contribution in [0.3, 0.4) is 0 Å². The van der Waals surface area contributed by atoms with Gasteiger partial charge in [-0.15, -0.1) is 47.3 Å². The zero-order valence-electron chi connectivity index (χ0n) is 34.0. The van der Waals surface area contributed by atoms with Crippen LogP contribution in [0.4, 0.5) is 38.5 Å². The summed E-state index contributed by atoms with van der Waals surface area (Å²) >= 11 is 9.31. The minimum atomic E-state index is -0.544. The molecule has 4 aliphatic heterocycles. The average Bonchev–Trinajstić information content (AvgIpc) is 3.24. The van der Waals surface area contributed by atoms with Crippen molar-refractivity contribution in [3.8, 4) is 11.5 Å². The van der Waals surface area contributed by atoms with E-state index in [1.165, 1.54) is 55.6 Å². The van der Waals surface area contributed by atoms with Crippen molar-refractivity contribution in [1.82, 2.24) is 20.4 Å². The number of ketones is 2. The van der Waals surface area contributed by atoms with Crippen LogP contribution in [0.25, 0.3) is 0 Å². The molecule has 5 N–H and O–H groups in total. The van der Waals surface area contributed by atoms with Gasteiger partial charge in [0.25, 0.3) is 0 Å². The molecule has 0 saturated carbocycles. The van der Waals surface area contributed by atoms with E-state index >= 15 is 0 Å². The smallest absolute Gasteiger partial charge is 0.369 e. The van der Waals surface area contributed by atoms with Gasteiger partial charge in [-0.3, -0.25) is 9.59 Å². The third kappa shape index (κ3) is 12.3. The van der Waals surface area contributed by atoms with Crippen molar-refractivity contribution < 1.29 is 46.6 Å². The Kier molecular flexibility index (Phi) is 15.7. The number of nitrogens with zero attached hydrogens (tertiary/aromatic N) is 2. The number of methoxy groups -OCH3 is 1. The topological polar surface area (TPSA) is 152 Å². The third-order valence-corrected chi connectivity index (χ3v) is 11.5. The Bertz CT molecular complexity index is 2350. The summed E-state index contributed by atoms with van der Waals surface area (Å²) in [6.07, 6.45) is 2.95. The number of rotatable bonds is 5. The van der Waals surface area contributed by atoms with Gasteiger partial charge in [0.05, 0.1) is 7.11 Å². The molecule has 63 heavy (non-hydrogen) atoms. The number of halogens is 7. The van der Waals surface area contributed by atoms with Crippen molar-refractivity contribution in [2.75, 3.05) is 43.9 Å². The van der Waals surface area contributed by atoms with E-state index in [1.54, 1.807) is 28.0 Å². The van der Waals surface area contributed by atoms with Gasteiger partial charge in [-0.1, -0.05) is 12.1 Å². The highest BCUT2D eigenvalue weighted by molar-refractivity contribution is 9.69. The summed E-state index contributed by atoms with van der Waals surface area (Å²) < 4.78 is 58.7. The molecule has 2 fully saturated rings. The first-order chi connectivity index (χ1) is 30.0. The highest BCUT2D eigenvalue weighted by Gasteiger charge is 2.43. The standard InChI is InChI=1S/C22H23F2N3O3.C21H21F2N3O3.BBr3/c1-30-20-11-16(24)3-2-14(20)13-25-21(29)27-8-6-22(7-9-27)12-19(28)17-10-15(23)4-5-18(17)26-22;22-14-3-4-17-16(9-14)19(28)11-21(25-17)5-7-26(8-6-21)20(29)24-12-13-1-2-15(23)10-18(13)27;2-1(3)4/h2-5,10-11,26H,6-9,12-13H2,1H3,(H,25,29);1-4,9-10,25,27H,5-8,11-12H2,(H,24,29);. The number of phenolic OH excluding ortho intramolecular Hbond substituents is 1. The number of piperidine rings is 2. The van der Waals surface area contributed by atoms with Gasteiger partial charge in [-0.2, -0.15) is 0 Å². The first-order valence-electron chi connectivity index (χ1n) is 20.0. The van der Waals surface area contributed by atoms with E-state index in [0.717, 1.165) is 6.07 Å². The lowest BCUT2D eigenvalue weighted by atomic mass is 9.78. The molecule has 20 heteroatoms. The van der Waals surface area contributed by atoms with Crippen LogP contribution >= 0.6 is 47.3 Å². The molecule has 4 amide bonds. The number of urea groups is 2. The number of amides is 4. The monoisotopic (exact) mass is 1060 g/mol. The summed E-state index contributed by atoms with van der Waals surface area (Å²) in [5.41, 5.74) is 2.29. The first-order valence-corrected chi connectivity index (χ1v) is 22.7. The number of fused-ring (bicyclic) bond motifs is 2. The predicted octanol–water partition coefficient (Wildman–Crippen LogP) is 9.29. The van der Waals surface area contributed by atoms with Crippen molar-refractivity contribution in [2.45, 2.75) is 62.7 Å². The molecule has 0 atom stereocenters. The second kappa shape index (κ2) is 20.8. The zero-order chi connectivity index (χ0) is 45.5. The molecule has 2 spiro atoms. The number of anilines is 2. The SMILES string of the molecule is BrB(Br)Br.COc1cc(F)ccc1CNC(=O)N1CCC2(CC1)CC(=O)c1cc(F)ccc1N2.O=C1CC2(CCN(C(=O)NCc3ccc(F)cc3O)CC2)Nc2ccc(F)cc21. The molecule has 12 nitrogen and oxygen atoms in total. The van der Waals surface area contributed by atoms with E-state index in [0.29, 0.717) is 91.2 Å². The number of benzene rings is 4. The number of aromatic hydroxyl groups is 1. The summed E-state index contributed by atoms with van der Waals surface area (Å²) in [5, 5.41) is 22.1. The van der Waals surface area contributed by atoms with Crippen molar-refractivity contribution in [3.63, 3.8) is 0 Å². The third-order valence-electron chi connectivity index (χ3n) is 11.5. The van der Waals surface area contributed by atoms with Gasteiger partial charge in [-0.25, -0.2) is 27.2 Å². The van der Waals surface area contributed by atoms with E-state index in [9.17, 15) is 41.8 Å². The molecular weight excluding hydrogens is 1020 g/mol. The lowest BCUT2D eigenvalue weighted by Gasteiger charge is -2.45. The Balaban J connectivity index is 0.000000194. The molecule has 2 saturated heterocycles. The van der Waals surface area contributed by atoms with Crippen molar-refractivity contribution in [2.24, 2.45) is 0 Å². The van der Waals surface area contributed by atoms with Gasteiger partial charge >= 0.3 is 15.2 Å². The van der Waals surface area contributed by atoms with Crippen LogP contribution in [0.1, 0.15) is 70.4 Å². The molecule has 0 bridgehead atoms. The van der Waals surface area contributed by atoms with Crippen LogP contribution in [-0.4, -0.2) is 86.1 Å². The lowest BCUT2D eigenvalue weighted by molar-refractivity contribution is 0.0904. The van der Waals surface area contributed by atoms with Crippen molar-refractivity contribution >= 4 is 85.5 Å². The lowest BCUT2D eigenvalue weighted by Crippen LogP contribution is -2.55. The van der Waals surface area contributed by atoms with Crippen LogP contribution in [0, 0.1) is 23.3 Å². The van der Waals surface area contributed by atoms with Crippen molar-refractivity contribution in [3.05, 3.63) is 118 Å². The number of phenols is 1. The number of nitrogens with one attached hydrogen (secondary N) is 4. The van der Waals surface area contributed by atoms with E-state index in [-0.39, 0.29) is 58.5 Å². The van der Waals surface area contributed by atoms with Crippen LogP contribution in [-0.2, 0) is 13.1 Å². The molecule has 334 valence electrons. The number of carbonyl (C=O) groups is 4. The quantitative estimate of drug-likeness (QED) is 0.0981. The molecule has 0 aromatic heterocycles. The van der Waals surface area contributed by atoms with Crippen LogP contribution in [0.15, 0.2) is 72.8 Å². The average molecular weight is 1070 g/mol. The molecule has 0 aliphatic carbocycles. The molecular formula is C43H44BBr3F4N6O6. The van der Waals surface area contributed by atoms with Crippen molar-refractivity contribution in [1.29, 1.82) is 0 Å². The second-order valence-electron chi connectivity index (χ2n) is 15.7. The van der Waals surface area contributed by atoms with Gasteiger partial charge < -0.3 is 40.9 Å². The summed E-state index contributed by atoms with van der Waals surface area (Å²) in [7, 11) is 1.45. The van der Waals surface area contributed by atoms with Crippen LogP contribution in [0.5, 0.6) is 11.5 Å². The van der Waals surface area contributed by atoms with E-state index in [4.69, 9.17) is 4.74 Å². The minimum absolute atomic E-state index is 0.0791. The maximum atomic E-state index is 13.4. The molecule has 8 rings (SSSR count). The Labute approximate surface area is 386 Å². The van der Waals surface area contributed by atoms with Crippen LogP contribution < -0.4 is 26.0 Å². The summed E-state index contributed by atoms with van der Waals surface area (Å²) in [4.78, 5) is 53.4. The maximum absolute atomic E-state index is 13.4. The predicted molar refractivity (Wildman–Crippen MR) is 243 cm³/mol. The fourth-order valence-corrected chi connectivity index (χ4v) is 8.17. The molecule has 4 aliphatic rings. The maximum Gasteiger partial charge on any atom is 0.369 e. The number of Topliss-reactive ketones (excluding diaryl/α,β-unsaturated/α-hetero) is 2. The second-order valence-corrected chi connectivity index (χ2v) is 22.1. The molecule has 4 aromatic carbocycles. The largest absolute Gasteiger partial charge is 0.507 e. The highest BCUT2D eigenvalue weighted by atomic mass is 79.9. The fraction of sp³-hybridized carbons (Fsp3) is 0.349. The van der Waals surface area contributed by atoms with Gasteiger partial charge in [0.15, 0.2) is 11.6 Å². The molecule has 4 heterocycles. The summed E-state index contributed by atoms with van der Waals surface area (Å²) in [5.74, 6) is -1.80. The van der Waals surface area contributed by atoms with E-state index in [2.05, 4.69) is 68.5 Å². The first kappa shape index (κ1) is 47.7. The molecule has 0 unspecified atom stereocenters. The number of ether oxygens (including phenoxy) is 1. The Morgan fingerprint density at radius 1 is 0.667 bits per heavy atom. The number of carbonyl (C=O) groups excluding carboxylic acids is 4. The fourth-order valence-electron chi connectivity index (χ4n) is 8.17.